The summed E-state index contributed by atoms with van der Waals surface area (Å²) in [5.41, 5.74) is 2.82. The van der Waals surface area contributed by atoms with Crippen molar-refractivity contribution >= 4 is 44.0 Å². The van der Waals surface area contributed by atoms with E-state index in [0.29, 0.717) is 16.6 Å². The number of halogens is 1. The highest BCUT2D eigenvalue weighted by Crippen LogP contribution is 2.28. The van der Waals surface area contributed by atoms with E-state index in [2.05, 4.69) is 43.7 Å². The lowest BCUT2D eigenvalue weighted by molar-refractivity contribution is 0.0272. The lowest BCUT2D eigenvalue weighted by Gasteiger charge is -2.21. The summed E-state index contributed by atoms with van der Waals surface area (Å²) >= 11 is 4.81. The predicted molar refractivity (Wildman–Crippen MR) is 124 cm³/mol. The summed E-state index contributed by atoms with van der Waals surface area (Å²) in [6, 6.07) is 18.0. The molecule has 4 rings (SSSR count). The molecule has 3 aromatic rings. The van der Waals surface area contributed by atoms with Crippen LogP contribution in [-0.2, 0) is 11.3 Å². The molecule has 0 bridgehead atoms. The van der Waals surface area contributed by atoms with Crippen LogP contribution in [0, 0.1) is 6.92 Å². The fourth-order valence-corrected chi connectivity index (χ4v) is 4.77. The third-order valence-corrected chi connectivity index (χ3v) is 6.77. The van der Waals surface area contributed by atoms with E-state index >= 15 is 0 Å². The number of aromatic nitrogens is 1. The average Bonchev–Trinajstić information content (AvgIpc) is 3.34. The smallest absolute Gasteiger partial charge is 0.263 e. The van der Waals surface area contributed by atoms with Gasteiger partial charge in [-0.1, -0.05) is 57.6 Å². The summed E-state index contributed by atoms with van der Waals surface area (Å²) in [6.45, 7) is 2.44. The van der Waals surface area contributed by atoms with Crippen molar-refractivity contribution < 1.29 is 9.53 Å². The van der Waals surface area contributed by atoms with Crippen molar-refractivity contribution in [3.05, 3.63) is 75.2 Å². The zero-order valence-electron chi connectivity index (χ0n) is 16.7. The Balaban J connectivity index is 1.37. The number of rotatable bonds is 7. The molecule has 30 heavy (non-hydrogen) atoms. The molecule has 1 aliphatic rings. The number of aryl methyl sites for hydroxylation is 1. The molecule has 0 spiro atoms. The zero-order chi connectivity index (χ0) is 20.9. The van der Waals surface area contributed by atoms with Crippen molar-refractivity contribution in [2.75, 3.05) is 5.32 Å². The molecular weight excluding hydrogens is 462 g/mol. The van der Waals surface area contributed by atoms with Crippen LogP contribution in [-0.4, -0.2) is 23.0 Å². The molecule has 1 fully saturated rings. The number of hydrogen-bond donors (Lipinski definition) is 2. The Bertz CT molecular complexity index is 991. The Morgan fingerprint density at radius 1 is 1.17 bits per heavy atom. The monoisotopic (exact) mass is 485 g/mol. The minimum absolute atomic E-state index is 0.0330. The molecule has 1 heterocycles. The van der Waals surface area contributed by atoms with Crippen molar-refractivity contribution in [3.8, 4) is 0 Å². The fraction of sp³-hybridized carbons (Fsp3) is 0.304. The highest BCUT2D eigenvalue weighted by molar-refractivity contribution is 9.10. The maximum Gasteiger partial charge on any atom is 0.263 e. The summed E-state index contributed by atoms with van der Waals surface area (Å²) in [6.07, 6.45) is 3.01. The quantitative estimate of drug-likeness (QED) is 0.442. The first-order chi connectivity index (χ1) is 14.6. The number of hydrogen-bond acceptors (Lipinski definition) is 5. The van der Waals surface area contributed by atoms with Crippen molar-refractivity contribution in [3.63, 3.8) is 0 Å². The standard InChI is InChI=1S/C23H24BrN3O2S/c1-15-21(30-23(25-15)26-18-12-10-17(24)11-13-18)22(28)27-19-8-5-9-20(19)29-14-16-6-3-2-4-7-16/h2-4,6-7,10-13,19-20H,5,8-9,14H2,1H3,(H,25,26)(H,27,28)/t19-,20-/m1/s1. The second kappa shape index (κ2) is 9.73. The van der Waals surface area contributed by atoms with Crippen molar-refractivity contribution in [1.82, 2.24) is 10.3 Å². The SMILES string of the molecule is Cc1nc(Nc2ccc(Br)cc2)sc1C(=O)N[C@@H]1CCC[C@H]1OCc1ccccc1. The van der Waals surface area contributed by atoms with Gasteiger partial charge in [0.25, 0.3) is 5.91 Å². The fourth-order valence-electron chi connectivity index (χ4n) is 3.62. The van der Waals surface area contributed by atoms with Gasteiger partial charge in [0.15, 0.2) is 5.13 Å². The van der Waals surface area contributed by atoms with Gasteiger partial charge < -0.3 is 15.4 Å². The number of thiazole rings is 1. The van der Waals surface area contributed by atoms with Gasteiger partial charge in [-0.05, 0) is 56.0 Å². The molecule has 2 atom stereocenters. The maximum atomic E-state index is 12.9. The molecule has 1 saturated carbocycles. The van der Waals surface area contributed by atoms with E-state index in [0.717, 1.165) is 40.7 Å². The van der Waals surface area contributed by atoms with Gasteiger partial charge in [0.1, 0.15) is 4.88 Å². The van der Waals surface area contributed by atoms with Crippen LogP contribution in [0.15, 0.2) is 59.1 Å². The topological polar surface area (TPSA) is 63.2 Å². The van der Waals surface area contributed by atoms with E-state index in [1.54, 1.807) is 0 Å². The second-order valence-corrected chi connectivity index (χ2v) is 9.33. The number of nitrogens with zero attached hydrogens (tertiary/aromatic N) is 1. The lowest BCUT2D eigenvalue weighted by atomic mass is 10.2. The van der Waals surface area contributed by atoms with Gasteiger partial charge in [-0.3, -0.25) is 4.79 Å². The Hall–Kier alpha value is -2.22. The van der Waals surface area contributed by atoms with E-state index in [4.69, 9.17) is 4.74 Å². The first kappa shape index (κ1) is 21.0. The van der Waals surface area contributed by atoms with Gasteiger partial charge in [-0.15, -0.1) is 0 Å². The van der Waals surface area contributed by atoms with E-state index in [1.165, 1.54) is 11.3 Å². The van der Waals surface area contributed by atoms with E-state index < -0.39 is 0 Å². The number of benzene rings is 2. The minimum atomic E-state index is -0.0749. The van der Waals surface area contributed by atoms with Crippen LogP contribution >= 0.6 is 27.3 Å². The Morgan fingerprint density at radius 3 is 2.70 bits per heavy atom. The van der Waals surface area contributed by atoms with Gasteiger partial charge >= 0.3 is 0 Å². The first-order valence-corrected chi connectivity index (χ1v) is 11.7. The summed E-state index contributed by atoms with van der Waals surface area (Å²) in [5, 5.41) is 7.16. The Labute approximate surface area is 189 Å². The summed E-state index contributed by atoms with van der Waals surface area (Å²) in [4.78, 5) is 18.1. The van der Waals surface area contributed by atoms with Gasteiger partial charge in [-0.25, -0.2) is 4.98 Å². The third-order valence-electron chi connectivity index (χ3n) is 5.17. The molecule has 1 amide bonds. The lowest BCUT2D eigenvalue weighted by Crippen LogP contribution is -2.41. The molecule has 0 saturated heterocycles. The average molecular weight is 486 g/mol. The van der Waals surface area contributed by atoms with Gasteiger partial charge in [0, 0.05) is 10.2 Å². The summed E-state index contributed by atoms with van der Waals surface area (Å²) in [5.74, 6) is -0.0749. The molecule has 0 radical (unpaired) electrons. The molecule has 2 N–H and O–H groups in total. The van der Waals surface area contributed by atoms with Crippen LogP contribution in [0.1, 0.15) is 40.2 Å². The van der Waals surface area contributed by atoms with Crippen molar-refractivity contribution in [2.45, 2.75) is 44.9 Å². The first-order valence-electron chi connectivity index (χ1n) is 10.0. The van der Waals surface area contributed by atoms with Gasteiger partial charge in [-0.2, -0.15) is 0 Å². The summed E-state index contributed by atoms with van der Waals surface area (Å²) in [7, 11) is 0. The molecule has 7 heteroatoms. The van der Waals surface area contributed by atoms with Crippen LogP contribution in [0.4, 0.5) is 10.8 Å². The minimum Gasteiger partial charge on any atom is -0.371 e. The molecule has 1 aliphatic carbocycles. The van der Waals surface area contributed by atoms with Gasteiger partial charge in [0.05, 0.1) is 24.4 Å². The number of carbonyl (C=O) groups excluding carboxylic acids is 1. The highest BCUT2D eigenvalue weighted by Gasteiger charge is 2.30. The number of amides is 1. The molecule has 2 aromatic carbocycles. The summed E-state index contributed by atoms with van der Waals surface area (Å²) < 4.78 is 7.14. The number of carbonyl (C=O) groups is 1. The van der Waals surface area contributed by atoms with E-state index in [9.17, 15) is 4.79 Å². The second-order valence-electron chi connectivity index (χ2n) is 7.41. The number of nitrogens with one attached hydrogen (secondary N) is 2. The number of anilines is 2. The molecule has 0 unspecified atom stereocenters. The van der Waals surface area contributed by atoms with Crippen LogP contribution in [0.25, 0.3) is 0 Å². The molecule has 1 aromatic heterocycles. The normalized spacial score (nSPS) is 18.3. The molecule has 0 aliphatic heterocycles. The maximum absolute atomic E-state index is 12.9. The van der Waals surface area contributed by atoms with E-state index in [-0.39, 0.29) is 18.1 Å². The van der Waals surface area contributed by atoms with Crippen LogP contribution in [0.3, 0.4) is 0 Å². The van der Waals surface area contributed by atoms with Crippen LogP contribution in [0.2, 0.25) is 0 Å². The van der Waals surface area contributed by atoms with E-state index in [1.807, 2.05) is 49.4 Å². The molecule has 156 valence electrons. The largest absolute Gasteiger partial charge is 0.371 e. The Kier molecular flexibility index (Phi) is 6.82. The van der Waals surface area contributed by atoms with Crippen LogP contribution in [0.5, 0.6) is 0 Å². The van der Waals surface area contributed by atoms with Crippen molar-refractivity contribution in [1.29, 1.82) is 0 Å². The Morgan fingerprint density at radius 2 is 1.93 bits per heavy atom. The predicted octanol–water partition coefficient (Wildman–Crippen LogP) is 5.83. The van der Waals surface area contributed by atoms with Crippen LogP contribution < -0.4 is 10.6 Å². The zero-order valence-corrected chi connectivity index (χ0v) is 19.1. The van der Waals surface area contributed by atoms with Crippen molar-refractivity contribution in [2.24, 2.45) is 0 Å². The molecule has 5 nitrogen and oxygen atoms in total. The number of ether oxygens (including phenoxy) is 1. The van der Waals surface area contributed by atoms with Gasteiger partial charge in [0.2, 0.25) is 0 Å². The highest BCUT2D eigenvalue weighted by atomic mass is 79.9. The molecular formula is C23H24BrN3O2S. The third kappa shape index (κ3) is 5.28.